The number of hydrogen-bond acceptors (Lipinski definition) is 3. The van der Waals surface area contributed by atoms with Gasteiger partial charge in [-0.05, 0) is 31.5 Å². The molecule has 1 N–H and O–H groups in total. The first-order chi connectivity index (χ1) is 11.1. The molecule has 6 heteroatoms. The van der Waals surface area contributed by atoms with E-state index < -0.39 is 0 Å². The zero-order chi connectivity index (χ0) is 16.4. The van der Waals surface area contributed by atoms with E-state index in [0.717, 1.165) is 22.5 Å². The molecule has 1 fully saturated rings. The lowest BCUT2D eigenvalue weighted by Gasteiger charge is -2.36. The summed E-state index contributed by atoms with van der Waals surface area (Å²) >= 11 is 0. The fraction of sp³-hybridized carbons (Fsp3) is 0.412. The molecule has 0 aliphatic carbocycles. The van der Waals surface area contributed by atoms with Gasteiger partial charge < -0.3 is 9.64 Å². The average molecular weight is 317 g/mol. The minimum absolute atomic E-state index is 0.0184. The maximum atomic E-state index is 13.0. The summed E-state index contributed by atoms with van der Waals surface area (Å²) in [5, 5.41) is 7.18. The first kappa shape index (κ1) is 15.7. The molecule has 1 aromatic carbocycles. The molecule has 1 atom stereocenters. The van der Waals surface area contributed by atoms with E-state index in [1.54, 1.807) is 12.1 Å². The topological polar surface area (TPSA) is 58.2 Å². The van der Waals surface area contributed by atoms with Crippen molar-refractivity contribution in [1.82, 2.24) is 15.1 Å². The minimum Gasteiger partial charge on any atom is -0.377 e. The van der Waals surface area contributed by atoms with E-state index >= 15 is 0 Å². The molecule has 2 aromatic rings. The van der Waals surface area contributed by atoms with Gasteiger partial charge in [0.15, 0.2) is 0 Å². The van der Waals surface area contributed by atoms with Gasteiger partial charge in [0.2, 0.25) is 5.91 Å². The van der Waals surface area contributed by atoms with Gasteiger partial charge in [-0.25, -0.2) is 4.39 Å². The Balaban J connectivity index is 1.81. The normalized spacial score (nSPS) is 18.2. The first-order valence-electron chi connectivity index (χ1n) is 7.69. The number of nitrogens with one attached hydrogen (secondary N) is 1. The van der Waals surface area contributed by atoms with Gasteiger partial charge in [-0.3, -0.25) is 9.89 Å². The van der Waals surface area contributed by atoms with Crippen LogP contribution >= 0.6 is 0 Å². The largest absolute Gasteiger partial charge is 0.377 e. The Morgan fingerprint density at radius 2 is 2.13 bits per heavy atom. The Bertz CT molecular complexity index is 677. The molecule has 0 spiro atoms. The van der Waals surface area contributed by atoms with Crippen LogP contribution in [-0.4, -0.2) is 40.8 Å². The van der Waals surface area contributed by atoms with Crippen LogP contribution in [0.25, 0.3) is 0 Å². The van der Waals surface area contributed by atoms with Crippen LogP contribution in [0, 0.1) is 19.7 Å². The summed E-state index contributed by atoms with van der Waals surface area (Å²) in [5.41, 5.74) is 3.68. The average Bonchev–Trinajstić information content (AvgIpc) is 2.88. The third kappa shape index (κ3) is 3.27. The van der Waals surface area contributed by atoms with Gasteiger partial charge in [-0.15, -0.1) is 0 Å². The lowest BCUT2D eigenvalue weighted by molar-refractivity contribution is -0.139. The van der Waals surface area contributed by atoms with Crippen LogP contribution in [-0.2, 0) is 16.0 Å². The maximum absolute atomic E-state index is 13.0. The number of aromatic nitrogens is 2. The van der Waals surface area contributed by atoms with Crippen LogP contribution in [0.15, 0.2) is 24.3 Å². The number of hydrogen-bond donors (Lipinski definition) is 1. The number of rotatable bonds is 3. The quantitative estimate of drug-likeness (QED) is 0.945. The van der Waals surface area contributed by atoms with Crippen molar-refractivity contribution in [2.45, 2.75) is 26.3 Å². The molecule has 0 saturated carbocycles. The summed E-state index contributed by atoms with van der Waals surface area (Å²) in [6, 6.07) is 5.93. The van der Waals surface area contributed by atoms with E-state index in [2.05, 4.69) is 10.2 Å². The van der Waals surface area contributed by atoms with Crippen LogP contribution in [0.4, 0.5) is 4.39 Å². The molecule has 5 nitrogen and oxygen atoms in total. The summed E-state index contributed by atoms with van der Waals surface area (Å²) in [6.45, 7) is 5.43. The highest BCUT2D eigenvalue weighted by Crippen LogP contribution is 2.28. The highest BCUT2D eigenvalue weighted by atomic mass is 19.1. The Hall–Kier alpha value is -2.21. The molecule has 3 rings (SSSR count). The van der Waals surface area contributed by atoms with Crippen molar-refractivity contribution in [3.05, 3.63) is 52.6 Å². The summed E-state index contributed by atoms with van der Waals surface area (Å²) in [7, 11) is 0. The molecule has 1 aromatic heterocycles. The molecular formula is C17H20FN3O2. The second-order valence-corrected chi connectivity index (χ2v) is 5.83. The molecule has 1 saturated heterocycles. The molecule has 122 valence electrons. The number of halogens is 1. The van der Waals surface area contributed by atoms with Gasteiger partial charge in [0.1, 0.15) is 5.82 Å². The Morgan fingerprint density at radius 1 is 1.39 bits per heavy atom. The van der Waals surface area contributed by atoms with Crippen molar-refractivity contribution in [2.75, 3.05) is 19.8 Å². The van der Waals surface area contributed by atoms with Gasteiger partial charge in [-0.1, -0.05) is 12.1 Å². The van der Waals surface area contributed by atoms with Crippen LogP contribution < -0.4 is 0 Å². The molecule has 0 bridgehead atoms. The zero-order valence-electron chi connectivity index (χ0n) is 13.3. The molecule has 1 aliphatic rings. The number of amides is 1. The van der Waals surface area contributed by atoms with Crippen molar-refractivity contribution >= 4 is 5.91 Å². The minimum atomic E-state index is -0.296. The lowest BCUT2D eigenvalue weighted by atomic mass is 10.0. The molecular weight excluding hydrogens is 297 g/mol. The second kappa shape index (κ2) is 6.50. The molecule has 23 heavy (non-hydrogen) atoms. The number of benzene rings is 1. The third-order valence-corrected chi connectivity index (χ3v) is 4.24. The standard InChI is InChI=1S/C17H20FN3O2/c1-11-17(12(2)20-19-11)15-10-23-8-7-21(15)16(22)9-13-3-5-14(18)6-4-13/h3-6,15H,7-10H2,1-2H3,(H,19,20)/t15-/m1/s1. The Morgan fingerprint density at radius 3 is 2.78 bits per heavy atom. The van der Waals surface area contributed by atoms with Crippen LogP contribution in [0.3, 0.4) is 0 Å². The molecule has 0 unspecified atom stereocenters. The number of aromatic amines is 1. The Labute approximate surface area is 134 Å². The number of nitrogens with zero attached hydrogens (tertiary/aromatic N) is 2. The van der Waals surface area contributed by atoms with E-state index in [4.69, 9.17) is 4.74 Å². The van der Waals surface area contributed by atoms with Crippen molar-refractivity contribution in [2.24, 2.45) is 0 Å². The van der Waals surface area contributed by atoms with Crippen molar-refractivity contribution in [3.8, 4) is 0 Å². The number of morpholine rings is 1. The van der Waals surface area contributed by atoms with Crippen LogP contribution in [0.5, 0.6) is 0 Å². The smallest absolute Gasteiger partial charge is 0.227 e. The van der Waals surface area contributed by atoms with E-state index in [1.165, 1.54) is 12.1 Å². The third-order valence-electron chi connectivity index (χ3n) is 4.24. The number of ether oxygens (including phenoxy) is 1. The Kier molecular flexibility index (Phi) is 4.43. The SMILES string of the molecule is Cc1n[nH]c(C)c1[C@H]1COCCN1C(=O)Cc1ccc(F)cc1. The summed E-state index contributed by atoms with van der Waals surface area (Å²) in [5.74, 6) is -0.278. The predicted octanol–water partition coefficient (Wildman–Crippen LogP) is 2.31. The number of aryl methyl sites for hydroxylation is 2. The number of carbonyl (C=O) groups is 1. The molecule has 2 heterocycles. The number of carbonyl (C=O) groups excluding carboxylic acids is 1. The monoisotopic (exact) mass is 317 g/mol. The first-order valence-corrected chi connectivity index (χ1v) is 7.69. The molecule has 1 amide bonds. The summed E-state index contributed by atoms with van der Waals surface area (Å²) in [6.07, 6.45) is 0.257. The highest BCUT2D eigenvalue weighted by Gasteiger charge is 2.31. The van der Waals surface area contributed by atoms with E-state index in [-0.39, 0.29) is 24.2 Å². The zero-order valence-corrected chi connectivity index (χ0v) is 13.3. The molecule has 0 radical (unpaired) electrons. The maximum Gasteiger partial charge on any atom is 0.227 e. The van der Waals surface area contributed by atoms with Gasteiger partial charge in [-0.2, -0.15) is 5.10 Å². The lowest BCUT2D eigenvalue weighted by Crippen LogP contribution is -2.44. The van der Waals surface area contributed by atoms with Gasteiger partial charge in [0.05, 0.1) is 31.4 Å². The van der Waals surface area contributed by atoms with Crippen molar-refractivity contribution in [3.63, 3.8) is 0 Å². The second-order valence-electron chi connectivity index (χ2n) is 5.83. The van der Waals surface area contributed by atoms with Crippen molar-refractivity contribution < 1.29 is 13.9 Å². The highest BCUT2D eigenvalue weighted by molar-refractivity contribution is 5.79. The fourth-order valence-corrected chi connectivity index (χ4v) is 3.07. The summed E-state index contributed by atoms with van der Waals surface area (Å²) in [4.78, 5) is 14.6. The number of H-pyrrole nitrogens is 1. The van der Waals surface area contributed by atoms with Gasteiger partial charge in [0, 0.05) is 17.8 Å². The van der Waals surface area contributed by atoms with Gasteiger partial charge in [0.25, 0.3) is 0 Å². The molecule has 1 aliphatic heterocycles. The van der Waals surface area contributed by atoms with Crippen molar-refractivity contribution in [1.29, 1.82) is 0 Å². The van der Waals surface area contributed by atoms with Crippen LogP contribution in [0.1, 0.15) is 28.6 Å². The van der Waals surface area contributed by atoms with Crippen LogP contribution in [0.2, 0.25) is 0 Å². The van der Waals surface area contributed by atoms with E-state index in [9.17, 15) is 9.18 Å². The predicted molar refractivity (Wildman–Crippen MR) is 83.4 cm³/mol. The summed E-state index contributed by atoms with van der Waals surface area (Å²) < 4.78 is 18.6. The van der Waals surface area contributed by atoms with Gasteiger partial charge >= 0.3 is 0 Å². The van der Waals surface area contributed by atoms with E-state index in [0.29, 0.717) is 19.8 Å². The van der Waals surface area contributed by atoms with E-state index in [1.807, 2.05) is 18.7 Å². The fourth-order valence-electron chi connectivity index (χ4n) is 3.07.